The molecule has 0 atom stereocenters. The Balaban J connectivity index is 1.92. The molecule has 0 aromatic heterocycles. The van der Waals surface area contributed by atoms with Crippen LogP contribution in [0.25, 0.3) is 16.7 Å². The lowest BCUT2D eigenvalue weighted by Crippen LogP contribution is -2.49. The van der Waals surface area contributed by atoms with E-state index < -0.39 is 5.54 Å². The van der Waals surface area contributed by atoms with Crippen molar-refractivity contribution in [2.24, 2.45) is 0 Å². The smallest absolute Gasteiger partial charge is 0.310 e. The summed E-state index contributed by atoms with van der Waals surface area (Å²) >= 11 is 0. The van der Waals surface area contributed by atoms with Gasteiger partial charge in [0, 0.05) is 32.5 Å². The van der Waals surface area contributed by atoms with Crippen molar-refractivity contribution in [1.29, 1.82) is 0 Å². The Kier molecular flexibility index (Phi) is 5.67. The molecule has 162 valence electrons. The number of ether oxygens (including phenoxy) is 2. The Bertz CT molecular complexity index is 1070. The van der Waals surface area contributed by atoms with Crippen LogP contribution in [0.3, 0.4) is 0 Å². The summed E-state index contributed by atoms with van der Waals surface area (Å²) in [4.78, 5) is 25.6. The van der Waals surface area contributed by atoms with Crippen molar-refractivity contribution in [3.8, 4) is 11.1 Å². The van der Waals surface area contributed by atoms with Gasteiger partial charge < -0.3 is 14.8 Å². The summed E-state index contributed by atoms with van der Waals surface area (Å²) in [5.74, 6) is -0.528. The summed E-state index contributed by atoms with van der Waals surface area (Å²) in [5, 5.41) is 3.10. The third-order valence-electron chi connectivity index (χ3n) is 6.17. The van der Waals surface area contributed by atoms with E-state index in [0.717, 1.165) is 27.8 Å². The van der Waals surface area contributed by atoms with Crippen molar-refractivity contribution in [2.75, 3.05) is 13.2 Å². The van der Waals surface area contributed by atoms with Crippen molar-refractivity contribution in [3.63, 3.8) is 0 Å². The van der Waals surface area contributed by atoms with Gasteiger partial charge in [-0.3, -0.25) is 9.59 Å². The standard InChI is InChI=1S/C25H26FNO4/c1-4-20(28)31-23-22(24(29)27-25(23)11-13-30-14-12-25)21-15(2)5-10-19(16(21)3)17-6-8-18(26)9-7-17/h5-10H,4,11-14H2,1-3H3,(H,27,29). The highest BCUT2D eigenvalue weighted by atomic mass is 19.1. The molecule has 2 aliphatic rings. The summed E-state index contributed by atoms with van der Waals surface area (Å²) in [5.41, 5.74) is 3.96. The fourth-order valence-corrected chi connectivity index (χ4v) is 4.49. The van der Waals surface area contributed by atoms with E-state index in [1.807, 2.05) is 26.0 Å². The fraction of sp³-hybridized carbons (Fsp3) is 0.360. The Labute approximate surface area is 181 Å². The van der Waals surface area contributed by atoms with Gasteiger partial charge in [0.15, 0.2) is 0 Å². The molecular formula is C25H26FNO4. The second kappa shape index (κ2) is 8.27. The lowest BCUT2D eigenvalue weighted by atomic mass is 9.85. The van der Waals surface area contributed by atoms with E-state index in [4.69, 9.17) is 9.47 Å². The van der Waals surface area contributed by atoms with Gasteiger partial charge in [0.25, 0.3) is 5.91 Å². The molecule has 5 nitrogen and oxygen atoms in total. The molecule has 0 bridgehead atoms. The van der Waals surface area contributed by atoms with Gasteiger partial charge in [0.1, 0.15) is 17.1 Å². The number of halogens is 1. The maximum atomic E-state index is 13.4. The number of rotatable bonds is 4. The van der Waals surface area contributed by atoms with E-state index in [0.29, 0.717) is 37.4 Å². The first-order chi connectivity index (χ1) is 14.9. The van der Waals surface area contributed by atoms with E-state index in [2.05, 4.69) is 5.32 Å². The first-order valence-electron chi connectivity index (χ1n) is 10.6. The molecule has 1 amide bonds. The number of esters is 1. The van der Waals surface area contributed by atoms with Crippen molar-refractivity contribution >= 4 is 17.4 Å². The Morgan fingerprint density at radius 3 is 2.45 bits per heavy atom. The minimum Gasteiger partial charge on any atom is -0.428 e. The van der Waals surface area contributed by atoms with Gasteiger partial charge in [-0.1, -0.05) is 31.2 Å². The number of carbonyl (C=O) groups excluding carboxylic acids is 2. The predicted octanol–water partition coefficient (Wildman–Crippen LogP) is 4.45. The molecule has 2 aromatic carbocycles. The van der Waals surface area contributed by atoms with E-state index in [1.165, 1.54) is 12.1 Å². The average Bonchev–Trinajstić information content (AvgIpc) is 3.00. The van der Waals surface area contributed by atoms with Crippen LogP contribution in [0.1, 0.15) is 42.9 Å². The molecule has 31 heavy (non-hydrogen) atoms. The van der Waals surface area contributed by atoms with Crippen LogP contribution in [0.4, 0.5) is 4.39 Å². The highest BCUT2D eigenvalue weighted by Crippen LogP contribution is 2.43. The van der Waals surface area contributed by atoms with Gasteiger partial charge in [-0.15, -0.1) is 0 Å². The van der Waals surface area contributed by atoms with Crippen LogP contribution in [0.2, 0.25) is 0 Å². The van der Waals surface area contributed by atoms with Crippen molar-refractivity contribution < 1.29 is 23.5 Å². The lowest BCUT2D eigenvalue weighted by Gasteiger charge is -2.34. The van der Waals surface area contributed by atoms with Crippen molar-refractivity contribution in [1.82, 2.24) is 5.32 Å². The molecule has 1 N–H and O–H groups in total. The van der Waals surface area contributed by atoms with Crippen molar-refractivity contribution in [3.05, 3.63) is 64.7 Å². The molecule has 0 aliphatic carbocycles. The maximum Gasteiger partial charge on any atom is 0.310 e. The molecule has 1 spiro atoms. The lowest BCUT2D eigenvalue weighted by molar-refractivity contribution is -0.141. The van der Waals surface area contributed by atoms with E-state index in [9.17, 15) is 14.0 Å². The minimum atomic E-state index is -0.736. The topological polar surface area (TPSA) is 64.6 Å². The third-order valence-corrected chi connectivity index (χ3v) is 6.17. The zero-order valence-corrected chi connectivity index (χ0v) is 18.0. The van der Waals surface area contributed by atoms with Gasteiger partial charge in [0.2, 0.25) is 0 Å². The quantitative estimate of drug-likeness (QED) is 0.738. The molecule has 0 unspecified atom stereocenters. The number of aryl methyl sites for hydroxylation is 1. The summed E-state index contributed by atoms with van der Waals surface area (Å²) < 4.78 is 24.7. The van der Waals surface area contributed by atoms with Gasteiger partial charge >= 0.3 is 5.97 Å². The van der Waals surface area contributed by atoms with E-state index >= 15 is 0 Å². The highest BCUT2D eigenvalue weighted by Gasteiger charge is 2.49. The minimum absolute atomic E-state index is 0.213. The number of carbonyl (C=O) groups is 2. The highest BCUT2D eigenvalue weighted by molar-refractivity contribution is 6.24. The van der Waals surface area contributed by atoms with Crippen LogP contribution in [-0.4, -0.2) is 30.6 Å². The van der Waals surface area contributed by atoms with Gasteiger partial charge in [-0.25, -0.2) is 4.39 Å². The zero-order chi connectivity index (χ0) is 22.2. The molecule has 2 aromatic rings. The predicted molar refractivity (Wildman–Crippen MR) is 116 cm³/mol. The van der Waals surface area contributed by atoms with Crippen LogP contribution >= 0.6 is 0 Å². The molecule has 1 saturated heterocycles. The zero-order valence-electron chi connectivity index (χ0n) is 18.0. The monoisotopic (exact) mass is 423 g/mol. The number of hydrogen-bond acceptors (Lipinski definition) is 4. The van der Waals surface area contributed by atoms with Gasteiger partial charge in [-0.2, -0.15) is 0 Å². The fourth-order valence-electron chi connectivity index (χ4n) is 4.49. The Hall–Kier alpha value is -2.99. The van der Waals surface area contributed by atoms with Gasteiger partial charge in [-0.05, 0) is 53.8 Å². The van der Waals surface area contributed by atoms with Crippen LogP contribution in [-0.2, 0) is 19.1 Å². The summed E-state index contributed by atoms with van der Waals surface area (Å²) in [7, 11) is 0. The first-order valence-corrected chi connectivity index (χ1v) is 10.6. The van der Waals surface area contributed by atoms with Crippen LogP contribution in [0.15, 0.2) is 42.2 Å². The van der Waals surface area contributed by atoms with E-state index in [1.54, 1.807) is 19.1 Å². The number of benzene rings is 2. The first kappa shape index (κ1) is 21.2. The van der Waals surface area contributed by atoms with E-state index in [-0.39, 0.29) is 24.1 Å². The average molecular weight is 423 g/mol. The molecule has 0 radical (unpaired) electrons. The molecule has 2 heterocycles. The molecule has 0 saturated carbocycles. The summed E-state index contributed by atoms with van der Waals surface area (Å²) in [6, 6.07) is 10.2. The molecule has 1 fully saturated rings. The maximum absolute atomic E-state index is 13.4. The normalized spacial score (nSPS) is 17.7. The number of hydrogen-bond donors (Lipinski definition) is 1. The molecule has 6 heteroatoms. The SMILES string of the molecule is CCC(=O)OC1=C(c2c(C)ccc(-c3ccc(F)cc3)c2C)C(=O)NC12CCOCC2. The third kappa shape index (κ3) is 3.76. The molecule has 2 aliphatic heterocycles. The number of nitrogens with one attached hydrogen (secondary N) is 1. The van der Waals surface area contributed by atoms with Gasteiger partial charge in [0.05, 0.1) is 5.57 Å². The van der Waals surface area contributed by atoms with Crippen LogP contribution in [0, 0.1) is 19.7 Å². The summed E-state index contributed by atoms with van der Waals surface area (Å²) in [6.07, 6.45) is 1.31. The van der Waals surface area contributed by atoms with Crippen molar-refractivity contribution in [2.45, 2.75) is 45.6 Å². The Morgan fingerprint density at radius 2 is 1.81 bits per heavy atom. The van der Waals surface area contributed by atoms with Crippen LogP contribution < -0.4 is 5.32 Å². The number of amides is 1. The largest absolute Gasteiger partial charge is 0.428 e. The second-order valence-corrected chi connectivity index (χ2v) is 8.12. The second-order valence-electron chi connectivity index (χ2n) is 8.12. The molecular weight excluding hydrogens is 397 g/mol. The Morgan fingerprint density at radius 1 is 1.13 bits per heavy atom. The van der Waals surface area contributed by atoms with Crippen LogP contribution in [0.5, 0.6) is 0 Å². The molecule has 4 rings (SSSR count). The summed E-state index contributed by atoms with van der Waals surface area (Å²) in [6.45, 7) is 6.57.